The molecule has 1 aliphatic heterocycles. The van der Waals surface area contributed by atoms with Crippen LogP contribution < -0.4 is 4.90 Å². The van der Waals surface area contributed by atoms with Crippen molar-refractivity contribution in [2.45, 2.75) is 37.0 Å². The fraction of sp³-hybridized carbons (Fsp3) is 0.421. The lowest BCUT2D eigenvalue weighted by molar-refractivity contribution is 0.350. The van der Waals surface area contributed by atoms with Crippen LogP contribution in [0.15, 0.2) is 45.1 Å². The summed E-state index contributed by atoms with van der Waals surface area (Å²) < 4.78 is 7.62. The van der Waals surface area contributed by atoms with Crippen LogP contribution in [0.2, 0.25) is 0 Å². The number of anilines is 1. The quantitative estimate of drug-likeness (QED) is 0.650. The second kappa shape index (κ2) is 8.02. The average Bonchev–Trinajstić information content (AvgIpc) is 3.33. The summed E-state index contributed by atoms with van der Waals surface area (Å²) in [5.74, 6) is 2.90. The van der Waals surface area contributed by atoms with Gasteiger partial charge in [0, 0.05) is 13.1 Å². The molecular weight excluding hydrogens is 374 g/mol. The summed E-state index contributed by atoms with van der Waals surface area (Å²) in [6, 6.07) is 9.22. The van der Waals surface area contributed by atoms with Gasteiger partial charge < -0.3 is 9.32 Å². The van der Waals surface area contributed by atoms with Crippen LogP contribution in [0.5, 0.6) is 0 Å². The zero-order valence-electron chi connectivity index (χ0n) is 15.8. The van der Waals surface area contributed by atoms with Gasteiger partial charge in [-0.1, -0.05) is 13.8 Å². The molecule has 28 heavy (non-hydrogen) atoms. The Balaban J connectivity index is 1.65. The lowest BCUT2D eigenvalue weighted by Gasteiger charge is -2.35. The number of aromatic nitrogens is 5. The van der Waals surface area contributed by atoms with Gasteiger partial charge in [0.25, 0.3) is 0 Å². The Morgan fingerprint density at radius 3 is 2.61 bits per heavy atom. The molecule has 2 atom stereocenters. The van der Waals surface area contributed by atoms with Gasteiger partial charge in [-0.2, -0.15) is 5.26 Å². The molecule has 1 aliphatic rings. The van der Waals surface area contributed by atoms with Crippen LogP contribution >= 0.6 is 11.8 Å². The number of rotatable bonds is 5. The Morgan fingerprint density at radius 1 is 1.14 bits per heavy atom. The molecule has 9 heteroatoms. The van der Waals surface area contributed by atoms with Crippen molar-refractivity contribution in [2.24, 2.45) is 11.8 Å². The third-order valence-corrected chi connectivity index (χ3v) is 5.61. The molecule has 4 heterocycles. The summed E-state index contributed by atoms with van der Waals surface area (Å²) in [4.78, 5) is 2.31. The third-order valence-electron chi connectivity index (χ3n) is 4.69. The number of hydrogen-bond donors (Lipinski definition) is 0. The average molecular weight is 395 g/mol. The molecular formula is C19H21N7OS. The second-order valence-electron chi connectivity index (χ2n) is 7.27. The van der Waals surface area contributed by atoms with Crippen LogP contribution in [0, 0.1) is 23.2 Å². The largest absolute Gasteiger partial charge is 0.467 e. The molecule has 0 bridgehead atoms. The van der Waals surface area contributed by atoms with Gasteiger partial charge in [0.2, 0.25) is 5.95 Å². The van der Waals surface area contributed by atoms with E-state index in [1.807, 2.05) is 18.2 Å². The first kappa shape index (κ1) is 18.5. The number of nitriles is 1. The monoisotopic (exact) mass is 395 g/mol. The van der Waals surface area contributed by atoms with E-state index < -0.39 is 0 Å². The van der Waals surface area contributed by atoms with Crippen molar-refractivity contribution in [3.05, 3.63) is 42.0 Å². The third kappa shape index (κ3) is 4.02. The number of hydrogen-bond acceptors (Lipinski definition) is 8. The maximum atomic E-state index is 8.89. The Hall–Kier alpha value is -2.86. The van der Waals surface area contributed by atoms with Crippen LogP contribution in [0.4, 0.5) is 5.95 Å². The van der Waals surface area contributed by atoms with Crippen LogP contribution in [0.25, 0.3) is 0 Å². The first-order valence-electron chi connectivity index (χ1n) is 9.24. The van der Waals surface area contributed by atoms with Gasteiger partial charge in [0.05, 0.1) is 12.8 Å². The Bertz CT molecular complexity index is 951. The zero-order chi connectivity index (χ0) is 19.5. The van der Waals surface area contributed by atoms with E-state index in [2.05, 4.69) is 43.7 Å². The molecule has 0 saturated carbocycles. The first-order chi connectivity index (χ1) is 13.6. The van der Waals surface area contributed by atoms with Crippen molar-refractivity contribution in [3.63, 3.8) is 0 Å². The molecule has 3 aromatic rings. The van der Waals surface area contributed by atoms with E-state index in [4.69, 9.17) is 9.68 Å². The molecule has 1 fully saturated rings. The highest BCUT2D eigenvalue weighted by molar-refractivity contribution is 7.99. The fourth-order valence-electron chi connectivity index (χ4n) is 3.64. The minimum atomic E-state index is 0.290. The lowest BCUT2D eigenvalue weighted by Crippen LogP contribution is -2.40. The molecule has 0 aliphatic carbocycles. The summed E-state index contributed by atoms with van der Waals surface area (Å²) in [6.07, 6.45) is 2.90. The van der Waals surface area contributed by atoms with E-state index in [1.54, 1.807) is 18.4 Å². The van der Waals surface area contributed by atoms with Gasteiger partial charge in [0.1, 0.15) is 16.9 Å². The Kier molecular flexibility index (Phi) is 5.30. The Morgan fingerprint density at radius 2 is 1.96 bits per heavy atom. The summed E-state index contributed by atoms with van der Waals surface area (Å²) in [6.45, 7) is 7.01. The van der Waals surface area contributed by atoms with Crippen molar-refractivity contribution in [2.75, 3.05) is 18.0 Å². The van der Waals surface area contributed by atoms with Crippen molar-refractivity contribution < 1.29 is 4.42 Å². The van der Waals surface area contributed by atoms with E-state index in [0.29, 0.717) is 29.1 Å². The van der Waals surface area contributed by atoms with Crippen LogP contribution in [-0.2, 0) is 6.54 Å². The van der Waals surface area contributed by atoms with Gasteiger partial charge in [-0.3, -0.25) is 4.57 Å². The molecule has 0 N–H and O–H groups in total. The predicted molar refractivity (Wildman–Crippen MR) is 104 cm³/mol. The van der Waals surface area contributed by atoms with Crippen LogP contribution in [0.3, 0.4) is 0 Å². The topological polar surface area (TPSA) is 96.7 Å². The van der Waals surface area contributed by atoms with Crippen molar-refractivity contribution in [1.29, 1.82) is 5.26 Å². The van der Waals surface area contributed by atoms with Crippen LogP contribution in [-0.4, -0.2) is 38.1 Å². The molecule has 8 nitrogen and oxygen atoms in total. The molecule has 1 saturated heterocycles. The smallest absolute Gasteiger partial charge is 0.228 e. The molecule has 144 valence electrons. The molecule has 3 aromatic heterocycles. The van der Waals surface area contributed by atoms with Gasteiger partial charge >= 0.3 is 0 Å². The van der Waals surface area contributed by atoms with Gasteiger partial charge in [-0.25, -0.2) is 0 Å². The van der Waals surface area contributed by atoms with Crippen molar-refractivity contribution in [3.8, 4) is 6.07 Å². The SMILES string of the molecule is CC1CC(C)CN(c2nnc(Sc3ccc(C#N)nn3)n2Cc2ccco2)C1. The molecule has 0 spiro atoms. The highest BCUT2D eigenvalue weighted by Gasteiger charge is 2.27. The summed E-state index contributed by atoms with van der Waals surface area (Å²) in [7, 11) is 0. The number of piperidine rings is 1. The maximum Gasteiger partial charge on any atom is 0.228 e. The lowest BCUT2D eigenvalue weighted by atomic mass is 9.92. The molecule has 4 rings (SSSR count). The highest BCUT2D eigenvalue weighted by atomic mass is 32.2. The highest BCUT2D eigenvalue weighted by Crippen LogP contribution is 2.31. The van der Waals surface area contributed by atoms with Gasteiger partial charge in [-0.15, -0.1) is 20.4 Å². The van der Waals surface area contributed by atoms with E-state index in [-0.39, 0.29) is 0 Å². The number of nitrogens with zero attached hydrogens (tertiary/aromatic N) is 7. The summed E-state index contributed by atoms with van der Waals surface area (Å²) in [5, 5.41) is 27.2. The summed E-state index contributed by atoms with van der Waals surface area (Å²) >= 11 is 1.38. The van der Waals surface area contributed by atoms with E-state index in [0.717, 1.165) is 30.0 Å². The van der Waals surface area contributed by atoms with E-state index >= 15 is 0 Å². The standard InChI is InChI=1S/C19H21N7OS/c1-13-8-14(2)11-25(10-13)18-23-24-19(26(18)12-16-4-3-7-27-16)28-17-6-5-15(9-20)21-22-17/h3-7,13-14H,8,10-12H2,1-2H3. The van der Waals surface area contributed by atoms with Gasteiger partial charge in [-0.05, 0) is 54.3 Å². The zero-order valence-corrected chi connectivity index (χ0v) is 16.6. The van der Waals surface area contributed by atoms with Gasteiger partial charge in [0.15, 0.2) is 10.9 Å². The normalized spacial score (nSPS) is 19.5. The van der Waals surface area contributed by atoms with E-state index in [9.17, 15) is 0 Å². The maximum absolute atomic E-state index is 8.89. The number of furan rings is 1. The van der Waals surface area contributed by atoms with Crippen molar-refractivity contribution >= 4 is 17.7 Å². The molecule has 2 unspecified atom stereocenters. The minimum Gasteiger partial charge on any atom is -0.467 e. The first-order valence-corrected chi connectivity index (χ1v) is 10.1. The fourth-order valence-corrected chi connectivity index (χ4v) is 4.38. The van der Waals surface area contributed by atoms with Crippen LogP contribution in [0.1, 0.15) is 31.7 Å². The Labute approximate surface area is 167 Å². The van der Waals surface area contributed by atoms with Crippen molar-refractivity contribution in [1.82, 2.24) is 25.0 Å². The molecule has 0 aromatic carbocycles. The molecule has 0 radical (unpaired) electrons. The minimum absolute atomic E-state index is 0.290. The second-order valence-corrected chi connectivity index (χ2v) is 8.26. The van der Waals surface area contributed by atoms with E-state index in [1.165, 1.54) is 18.2 Å². The molecule has 0 amide bonds. The summed E-state index contributed by atoms with van der Waals surface area (Å²) in [5.41, 5.74) is 0.290. The predicted octanol–water partition coefficient (Wildman–Crippen LogP) is 3.21.